The van der Waals surface area contributed by atoms with Crippen LogP contribution in [0.3, 0.4) is 0 Å². The van der Waals surface area contributed by atoms with E-state index in [1.807, 2.05) is 0 Å². The molecular weight excluding hydrogens is 290 g/mol. The lowest BCUT2D eigenvalue weighted by molar-refractivity contribution is -0.0321. The zero-order valence-electron chi connectivity index (χ0n) is 17.9. The van der Waals surface area contributed by atoms with Crippen LogP contribution in [-0.4, -0.2) is 23.0 Å². The second-order valence-corrected chi connectivity index (χ2v) is 9.78. The molecule has 1 nitrogen and oxygen atoms in total. The number of likely N-dealkylation sites (tertiary alicyclic amines) is 1. The summed E-state index contributed by atoms with van der Waals surface area (Å²) in [4.78, 5) is 2.61. The van der Waals surface area contributed by atoms with Gasteiger partial charge in [-0.1, -0.05) is 84.0 Å². The molecule has 24 heavy (non-hydrogen) atoms. The minimum absolute atomic E-state index is 0.365. The molecule has 0 amide bonds. The van der Waals surface area contributed by atoms with Gasteiger partial charge in [-0.25, -0.2) is 0 Å². The Morgan fingerprint density at radius 1 is 0.667 bits per heavy atom. The maximum atomic E-state index is 2.61. The molecule has 1 heterocycles. The monoisotopic (exact) mass is 337 g/mol. The van der Waals surface area contributed by atoms with Crippen LogP contribution in [0.2, 0.25) is 0 Å². The molecule has 0 aromatic heterocycles. The van der Waals surface area contributed by atoms with E-state index >= 15 is 0 Å². The first-order valence-corrected chi connectivity index (χ1v) is 11.0. The van der Waals surface area contributed by atoms with Crippen LogP contribution in [0.25, 0.3) is 0 Å². The van der Waals surface area contributed by atoms with Gasteiger partial charge in [-0.15, -0.1) is 0 Å². The van der Waals surface area contributed by atoms with Gasteiger partial charge in [-0.3, -0.25) is 4.90 Å². The van der Waals surface area contributed by atoms with Crippen molar-refractivity contribution in [1.29, 1.82) is 0 Å². The van der Waals surface area contributed by atoms with E-state index in [0.717, 1.165) is 5.92 Å². The van der Waals surface area contributed by atoms with Crippen LogP contribution < -0.4 is 0 Å². The third kappa shape index (κ3) is 7.89. The lowest BCUT2D eigenvalue weighted by Gasteiger charge is -2.54. The maximum Gasteiger partial charge on any atom is 0.0158 e. The predicted octanol–water partition coefficient (Wildman–Crippen LogP) is 7.59. The van der Waals surface area contributed by atoms with Gasteiger partial charge in [0.2, 0.25) is 0 Å². The Bertz CT molecular complexity index is 300. The average Bonchev–Trinajstić information content (AvgIpc) is 2.50. The molecule has 0 aromatic carbocycles. The van der Waals surface area contributed by atoms with Gasteiger partial charge in [0, 0.05) is 11.1 Å². The molecule has 0 unspecified atom stereocenters. The van der Waals surface area contributed by atoms with Gasteiger partial charge in [0.25, 0.3) is 0 Å². The Hall–Kier alpha value is -0.0400. The fourth-order valence-electron chi connectivity index (χ4n) is 4.88. The minimum Gasteiger partial charge on any atom is -0.296 e. The van der Waals surface area contributed by atoms with Crippen LogP contribution in [0.1, 0.15) is 125 Å². The first-order chi connectivity index (χ1) is 11.3. The maximum absolute atomic E-state index is 2.61. The second-order valence-electron chi connectivity index (χ2n) is 9.78. The van der Waals surface area contributed by atoms with E-state index in [9.17, 15) is 0 Å². The van der Waals surface area contributed by atoms with Crippen molar-refractivity contribution in [2.45, 2.75) is 136 Å². The van der Waals surface area contributed by atoms with Crippen molar-refractivity contribution in [3.8, 4) is 0 Å². The van der Waals surface area contributed by atoms with Crippen molar-refractivity contribution in [3.63, 3.8) is 0 Å². The van der Waals surface area contributed by atoms with Gasteiger partial charge in [-0.05, 0) is 53.5 Å². The summed E-state index contributed by atoms with van der Waals surface area (Å²) in [6, 6.07) is 0. The van der Waals surface area contributed by atoms with Crippen molar-refractivity contribution in [2.75, 3.05) is 7.05 Å². The third-order valence-electron chi connectivity index (χ3n) is 6.61. The van der Waals surface area contributed by atoms with Gasteiger partial charge in [0.15, 0.2) is 0 Å². The quantitative estimate of drug-likeness (QED) is 0.332. The molecule has 0 spiro atoms. The summed E-state index contributed by atoms with van der Waals surface area (Å²) in [5.74, 6) is 0.935. The summed E-state index contributed by atoms with van der Waals surface area (Å²) in [7, 11) is 2.32. The normalized spacial score (nSPS) is 21.2. The van der Waals surface area contributed by atoms with Crippen LogP contribution in [0.4, 0.5) is 0 Å². The number of hydrogen-bond donors (Lipinski definition) is 0. The second kappa shape index (κ2) is 10.8. The Kier molecular flexibility index (Phi) is 9.94. The molecule has 144 valence electrons. The van der Waals surface area contributed by atoms with Crippen molar-refractivity contribution < 1.29 is 0 Å². The lowest BCUT2D eigenvalue weighted by Crippen LogP contribution is -2.58. The summed E-state index contributed by atoms with van der Waals surface area (Å²) in [6.07, 6.45) is 20.2. The first-order valence-electron chi connectivity index (χ1n) is 11.0. The summed E-state index contributed by atoms with van der Waals surface area (Å²) < 4.78 is 0. The molecule has 0 atom stereocenters. The number of piperidine rings is 1. The van der Waals surface area contributed by atoms with Gasteiger partial charge in [0.1, 0.15) is 0 Å². The first kappa shape index (κ1) is 22.0. The Morgan fingerprint density at radius 3 is 1.46 bits per heavy atom. The van der Waals surface area contributed by atoms with Crippen molar-refractivity contribution in [2.24, 2.45) is 5.92 Å². The molecule has 0 aliphatic carbocycles. The zero-order chi connectivity index (χ0) is 18.1. The smallest absolute Gasteiger partial charge is 0.0158 e. The van der Waals surface area contributed by atoms with Crippen LogP contribution in [-0.2, 0) is 0 Å². The highest BCUT2D eigenvalue weighted by atomic mass is 15.2. The van der Waals surface area contributed by atoms with Crippen LogP contribution in [0.5, 0.6) is 0 Å². The van der Waals surface area contributed by atoms with Crippen LogP contribution >= 0.6 is 0 Å². The summed E-state index contributed by atoms with van der Waals surface area (Å²) in [6.45, 7) is 12.0. The SMILES string of the molecule is CCCCCCCCCCCCCC1CC(C)(C)N(C)C(C)(C)C1. The van der Waals surface area contributed by atoms with Crippen LogP contribution in [0, 0.1) is 5.92 Å². The third-order valence-corrected chi connectivity index (χ3v) is 6.61. The van der Waals surface area contributed by atoms with Gasteiger partial charge in [0.05, 0.1) is 0 Å². The van der Waals surface area contributed by atoms with E-state index in [2.05, 4.69) is 46.6 Å². The molecule has 0 saturated carbocycles. The summed E-state index contributed by atoms with van der Waals surface area (Å²) >= 11 is 0. The summed E-state index contributed by atoms with van der Waals surface area (Å²) in [5, 5.41) is 0. The molecule has 1 fully saturated rings. The fourth-order valence-corrected chi connectivity index (χ4v) is 4.88. The van der Waals surface area contributed by atoms with Crippen molar-refractivity contribution in [3.05, 3.63) is 0 Å². The van der Waals surface area contributed by atoms with Gasteiger partial charge >= 0.3 is 0 Å². The van der Waals surface area contributed by atoms with Crippen molar-refractivity contribution in [1.82, 2.24) is 4.90 Å². The van der Waals surface area contributed by atoms with E-state index in [-0.39, 0.29) is 0 Å². The van der Waals surface area contributed by atoms with E-state index in [4.69, 9.17) is 0 Å². The number of rotatable bonds is 12. The highest BCUT2D eigenvalue weighted by Crippen LogP contribution is 2.41. The lowest BCUT2D eigenvalue weighted by atomic mass is 9.72. The van der Waals surface area contributed by atoms with E-state index in [1.54, 1.807) is 0 Å². The minimum atomic E-state index is 0.365. The van der Waals surface area contributed by atoms with E-state index in [0.29, 0.717) is 11.1 Å². The van der Waals surface area contributed by atoms with Crippen LogP contribution in [0.15, 0.2) is 0 Å². The number of unbranched alkanes of at least 4 members (excludes halogenated alkanes) is 10. The molecule has 1 aliphatic heterocycles. The highest BCUT2D eigenvalue weighted by Gasteiger charge is 2.42. The fraction of sp³-hybridized carbons (Fsp3) is 1.00. The number of nitrogens with zero attached hydrogens (tertiary/aromatic N) is 1. The Labute approximate surface area is 154 Å². The van der Waals surface area contributed by atoms with Gasteiger partial charge in [-0.2, -0.15) is 0 Å². The average molecular weight is 338 g/mol. The molecule has 1 saturated heterocycles. The van der Waals surface area contributed by atoms with E-state index < -0.39 is 0 Å². The van der Waals surface area contributed by atoms with Crippen molar-refractivity contribution >= 4 is 0 Å². The summed E-state index contributed by atoms with van der Waals surface area (Å²) in [5.41, 5.74) is 0.731. The van der Waals surface area contributed by atoms with E-state index in [1.165, 1.54) is 89.9 Å². The topological polar surface area (TPSA) is 3.24 Å². The zero-order valence-corrected chi connectivity index (χ0v) is 17.9. The molecule has 0 radical (unpaired) electrons. The molecule has 1 heteroatoms. The molecular formula is C23H47N. The molecule has 0 bridgehead atoms. The number of hydrogen-bond acceptors (Lipinski definition) is 1. The molecule has 0 aromatic rings. The standard InChI is InChI=1S/C23H47N/c1-7-8-9-10-11-12-13-14-15-16-17-18-21-19-22(2,3)24(6)23(4,5)20-21/h21H,7-20H2,1-6H3. The Balaban J connectivity index is 2.03. The van der Waals surface area contributed by atoms with Gasteiger partial charge < -0.3 is 0 Å². The molecule has 1 aliphatic rings. The molecule has 0 N–H and O–H groups in total. The highest BCUT2D eigenvalue weighted by molar-refractivity contribution is 4.98. The Morgan fingerprint density at radius 2 is 1.04 bits per heavy atom. The largest absolute Gasteiger partial charge is 0.296 e. The predicted molar refractivity (Wildman–Crippen MR) is 110 cm³/mol. The molecule has 1 rings (SSSR count).